The molecule has 2 heteroatoms. The van der Waals surface area contributed by atoms with Crippen molar-refractivity contribution in [2.75, 3.05) is 13.7 Å². The van der Waals surface area contributed by atoms with Gasteiger partial charge >= 0.3 is 0 Å². The maximum absolute atomic E-state index is 5.63. The lowest BCUT2D eigenvalue weighted by atomic mass is 9.94. The van der Waals surface area contributed by atoms with E-state index in [1.807, 2.05) is 13.2 Å². The first kappa shape index (κ1) is 16.7. The fraction of sp³-hybridized carbons (Fsp3) is 0.867. The molecule has 0 saturated carbocycles. The molecule has 17 heavy (non-hydrogen) atoms. The highest BCUT2D eigenvalue weighted by Gasteiger charge is 2.22. The summed E-state index contributed by atoms with van der Waals surface area (Å²) in [6.45, 7) is 11.4. The van der Waals surface area contributed by atoms with Crippen LogP contribution >= 0.6 is 0 Å². The van der Waals surface area contributed by atoms with Gasteiger partial charge in [-0.2, -0.15) is 0 Å². The second-order valence-corrected chi connectivity index (χ2v) is 5.04. The zero-order valence-corrected chi connectivity index (χ0v) is 12.2. The van der Waals surface area contributed by atoms with E-state index in [1.54, 1.807) is 0 Å². The topological polar surface area (TPSA) is 21.3 Å². The van der Waals surface area contributed by atoms with Gasteiger partial charge in [0.1, 0.15) is 0 Å². The highest BCUT2D eigenvalue weighted by atomic mass is 16.5. The van der Waals surface area contributed by atoms with Crippen LogP contribution in [0, 0.1) is 5.92 Å². The standard InChI is InChI=1S/C15H31NO/c1-6-8-9-10-11-12-14(16-7-2)15(17-5)13(3)4/h6,13-16H,1,7-12H2,2-5H3. The van der Waals surface area contributed by atoms with Gasteiger partial charge in [0, 0.05) is 13.2 Å². The Labute approximate surface area is 108 Å². The summed E-state index contributed by atoms with van der Waals surface area (Å²) in [7, 11) is 1.83. The van der Waals surface area contributed by atoms with E-state index in [9.17, 15) is 0 Å². The maximum atomic E-state index is 5.63. The van der Waals surface area contributed by atoms with Gasteiger partial charge in [-0.05, 0) is 31.7 Å². The highest BCUT2D eigenvalue weighted by molar-refractivity contribution is 4.79. The van der Waals surface area contributed by atoms with Crippen LogP contribution in [0.15, 0.2) is 12.7 Å². The van der Waals surface area contributed by atoms with Gasteiger partial charge in [-0.1, -0.05) is 39.7 Å². The molecule has 0 amide bonds. The molecule has 2 atom stereocenters. The molecule has 0 aliphatic rings. The van der Waals surface area contributed by atoms with E-state index in [0.29, 0.717) is 18.1 Å². The lowest BCUT2D eigenvalue weighted by molar-refractivity contribution is 0.0304. The van der Waals surface area contributed by atoms with Gasteiger partial charge in [0.25, 0.3) is 0 Å². The van der Waals surface area contributed by atoms with E-state index in [2.05, 4.69) is 32.7 Å². The van der Waals surface area contributed by atoms with Crippen LogP contribution in [0.25, 0.3) is 0 Å². The van der Waals surface area contributed by atoms with E-state index in [1.165, 1.54) is 25.7 Å². The van der Waals surface area contributed by atoms with Gasteiger partial charge in [0.05, 0.1) is 6.10 Å². The zero-order valence-electron chi connectivity index (χ0n) is 12.2. The van der Waals surface area contributed by atoms with Gasteiger partial charge in [-0.15, -0.1) is 6.58 Å². The summed E-state index contributed by atoms with van der Waals surface area (Å²) in [5.41, 5.74) is 0. The SMILES string of the molecule is C=CCCCCCC(NCC)C(OC)C(C)C. The van der Waals surface area contributed by atoms with Crippen molar-refractivity contribution in [3.8, 4) is 0 Å². The van der Waals surface area contributed by atoms with Crippen molar-refractivity contribution in [1.82, 2.24) is 5.32 Å². The summed E-state index contributed by atoms with van der Waals surface area (Å²) < 4.78 is 5.63. The Kier molecular flexibility index (Phi) is 10.6. The Bertz CT molecular complexity index is 180. The average Bonchev–Trinajstić information content (AvgIpc) is 2.29. The summed E-state index contributed by atoms with van der Waals surface area (Å²) in [5, 5.41) is 3.56. The summed E-state index contributed by atoms with van der Waals surface area (Å²) in [5.74, 6) is 0.567. The van der Waals surface area contributed by atoms with Gasteiger partial charge < -0.3 is 10.1 Å². The summed E-state index contributed by atoms with van der Waals surface area (Å²) in [4.78, 5) is 0. The molecule has 0 aliphatic heterocycles. The molecule has 0 heterocycles. The number of hydrogen-bond acceptors (Lipinski definition) is 2. The Balaban J connectivity index is 3.99. The Morgan fingerprint density at radius 3 is 2.41 bits per heavy atom. The minimum atomic E-state index is 0.328. The molecule has 0 radical (unpaired) electrons. The fourth-order valence-corrected chi connectivity index (χ4v) is 2.38. The quantitative estimate of drug-likeness (QED) is 0.439. The Hall–Kier alpha value is -0.340. The normalized spacial score (nSPS) is 14.9. The van der Waals surface area contributed by atoms with Crippen molar-refractivity contribution in [3.63, 3.8) is 0 Å². The van der Waals surface area contributed by atoms with Crippen molar-refractivity contribution >= 4 is 0 Å². The number of allylic oxidation sites excluding steroid dienone is 1. The lowest BCUT2D eigenvalue weighted by Crippen LogP contribution is -2.43. The van der Waals surface area contributed by atoms with Crippen molar-refractivity contribution in [2.24, 2.45) is 5.92 Å². The molecule has 0 bridgehead atoms. The molecular weight excluding hydrogens is 210 g/mol. The van der Waals surface area contributed by atoms with E-state index in [-0.39, 0.29) is 0 Å². The largest absolute Gasteiger partial charge is 0.380 e. The number of ether oxygens (including phenoxy) is 1. The van der Waals surface area contributed by atoms with Crippen LogP contribution in [0.3, 0.4) is 0 Å². The van der Waals surface area contributed by atoms with Crippen molar-refractivity contribution < 1.29 is 4.74 Å². The Morgan fingerprint density at radius 1 is 1.24 bits per heavy atom. The molecular formula is C15H31NO. The van der Waals surface area contributed by atoms with Gasteiger partial charge in [-0.3, -0.25) is 0 Å². The van der Waals surface area contributed by atoms with Crippen LogP contribution in [0.4, 0.5) is 0 Å². The monoisotopic (exact) mass is 241 g/mol. The number of hydrogen-bond donors (Lipinski definition) is 1. The zero-order chi connectivity index (χ0) is 13.1. The number of rotatable bonds is 11. The maximum Gasteiger partial charge on any atom is 0.0747 e. The van der Waals surface area contributed by atoms with E-state index in [0.717, 1.165) is 13.0 Å². The first-order valence-electron chi connectivity index (χ1n) is 7.04. The molecule has 0 fully saturated rings. The minimum Gasteiger partial charge on any atom is -0.380 e. The van der Waals surface area contributed by atoms with Crippen molar-refractivity contribution in [2.45, 2.75) is 65.0 Å². The molecule has 0 spiro atoms. The molecule has 0 rings (SSSR count). The third-order valence-electron chi connectivity index (χ3n) is 3.22. The smallest absolute Gasteiger partial charge is 0.0747 e. The number of likely N-dealkylation sites (N-methyl/N-ethyl adjacent to an activating group) is 1. The van der Waals surface area contributed by atoms with Gasteiger partial charge in [0.2, 0.25) is 0 Å². The second kappa shape index (κ2) is 10.8. The first-order chi connectivity index (χ1) is 8.17. The first-order valence-corrected chi connectivity index (χ1v) is 7.04. The van der Waals surface area contributed by atoms with E-state index in [4.69, 9.17) is 4.74 Å². The van der Waals surface area contributed by atoms with Crippen LogP contribution in [0.5, 0.6) is 0 Å². The summed E-state index contributed by atoms with van der Waals surface area (Å²) in [6.07, 6.45) is 8.52. The molecule has 0 aromatic heterocycles. The van der Waals surface area contributed by atoms with Crippen LogP contribution in [-0.2, 0) is 4.74 Å². The van der Waals surface area contributed by atoms with Crippen LogP contribution < -0.4 is 5.32 Å². The van der Waals surface area contributed by atoms with E-state index >= 15 is 0 Å². The van der Waals surface area contributed by atoms with Crippen LogP contribution in [-0.4, -0.2) is 25.8 Å². The predicted molar refractivity (Wildman–Crippen MR) is 76.4 cm³/mol. The average molecular weight is 241 g/mol. The highest BCUT2D eigenvalue weighted by Crippen LogP contribution is 2.16. The number of unbranched alkanes of at least 4 members (excludes halogenated alkanes) is 3. The van der Waals surface area contributed by atoms with Crippen molar-refractivity contribution in [1.29, 1.82) is 0 Å². The second-order valence-electron chi connectivity index (χ2n) is 5.04. The fourth-order valence-electron chi connectivity index (χ4n) is 2.38. The molecule has 2 nitrogen and oxygen atoms in total. The minimum absolute atomic E-state index is 0.328. The predicted octanol–water partition coefficient (Wildman–Crippen LogP) is 3.77. The molecule has 0 aromatic rings. The van der Waals surface area contributed by atoms with Gasteiger partial charge in [-0.25, -0.2) is 0 Å². The third kappa shape index (κ3) is 7.56. The molecule has 1 N–H and O–H groups in total. The lowest BCUT2D eigenvalue weighted by Gasteiger charge is -2.29. The molecule has 2 unspecified atom stereocenters. The Morgan fingerprint density at radius 2 is 1.94 bits per heavy atom. The van der Waals surface area contributed by atoms with Gasteiger partial charge in [0.15, 0.2) is 0 Å². The summed E-state index contributed by atoms with van der Waals surface area (Å²) >= 11 is 0. The third-order valence-corrected chi connectivity index (χ3v) is 3.22. The molecule has 102 valence electrons. The molecule has 0 aromatic carbocycles. The number of nitrogens with one attached hydrogen (secondary N) is 1. The summed E-state index contributed by atoms with van der Waals surface area (Å²) in [6, 6.07) is 0.494. The van der Waals surface area contributed by atoms with E-state index < -0.39 is 0 Å². The molecule has 0 saturated heterocycles. The number of methoxy groups -OCH3 is 1. The molecule has 0 aliphatic carbocycles. The van der Waals surface area contributed by atoms with Crippen LogP contribution in [0.1, 0.15) is 52.9 Å². The van der Waals surface area contributed by atoms with Crippen molar-refractivity contribution in [3.05, 3.63) is 12.7 Å². The van der Waals surface area contributed by atoms with Crippen LogP contribution in [0.2, 0.25) is 0 Å².